The molecule has 2 N–H and O–H groups in total. The standard InChI is InChI=1S/C23H20Cl3N7O2.ClH/c24-16-4-3-13(10-17(16)25)11-28-23-29-18-19(21(34)30-23)33(31-20(18)26)15-5-8-32(9-6-15)22(35)14-2-1-7-27-12-14;/h1-4,7,10,12,15H,5-6,8-9,11H2,(H2,28,29,30,34);1H. The summed E-state index contributed by atoms with van der Waals surface area (Å²) < 4.78 is 1.64. The van der Waals surface area contributed by atoms with Gasteiger partial charge in [-0.3, -0.25) is 24.2 Å². The van der Waals surface area contributed by atoms with Crippen molar-refractivity contribution >= 4 is 70.1 Å². The molecule has 4 heterocycles. The predicted molar refractivity (Wildman–Crippen MR) is 143 cm³/mol. The lowest BCUT2D eigenvalue weighted by atomic mass is 10.0. The fraction of sp³-hybridized carbons (Fsp3) is 0.261. The van der Waals surface area contributed by atoms with Crippen LogP contribution in [0.15, 0.2) is 47.5 Å². The van der Waals surface area contributed by atoms with Gasteiger partial charge in [0.05, 0.1) is 21.7 Å². The molecule has 0 saturated carbocycles. The number of fused-ring (bicyclic) bond motifs is 1. The average molecular weight is 569 g/mol. The number of carbonyl (C=O) groups excluding carboxylic acids is 1. The highest BCUT2D eigenvalue weighted by atomic mass is 35.5. The Hall–Kier alpha value is -2.85. The number of pyridine rings is 1. The van der Waals surface area contributed by atoms with Crippen LogP contribution < -0.4 is 10.9 Å². The Labute approximate surface area is 227 Å². The molecule has 4 aromatic rings. The molecule has 1 aliphatic heterocycles. The van der Waals surface area contributed by atoms with Crippen molar-refractivity contribution in [2.45, 2.75) is 25.4 Å². The van der Waals surface area contributed by atoms with E-state index in [-0.39, 0.29) is 41.0 Å². The molecule has 1 aliphatic rings. The largest absolute Gasteiger partial charge is 0.352 e. The van der Waals surface area contributed by atoms with Gasteiger partial charge in [-0.2, -0.15) is 5.10 Å². The molecule has 0 aliphatic carbocycles. The fourth-order valence-electron chi connectivity index (χ4n) is 4.18. The lowest BCUT2D eigenvalue weighted by Crippen LogP contribution is -2.39. The summed E-state index contributed by atoms with van der Waals surface area (Å²) in [6, 6.07) is 8.68. The maximum absolute atomic E-state index is 13.0. The molecule has 1 aromatic carbocycles. The first-order valence-electron chi connectivity index (χ1n) is 11.0. The summed E-state index contributed by atoms with van der Waals surface area (Å²) in [6.07, 6.45) is 4.47. The van der Waals surface area contributed by atoms with Crippen LogP contribution in [0.25, 0.3) is 11.0 Å². The van der Waals surface area contributed by atoms with Crippen molar-refractivity contribution in [1.82, 2.24) is 29.6 Å². The summed E-state index contributed by atoms with van der Waals surface area (Å²) in [5.74, 6) is 0.212. The van der Waals surface area contributed by atoms with Gasteiger partial charge in [0.15, 0.2) is 10.7 Å². The van der Waals surface area contributed by atoms with E-state index in [1.165, 1.54) is 0 Å². The van der Waals surface area contributed by atoms with Gasteiger partial charge in [-0.05, 0) is 42.7 Å². The molecule has 1 saturated heterocycles. The third-order valence-corrected chi connectivity index (χ3v) is 6.96. The van der Waals surface area contributed by atoms with Crippen molar-refractivity contribution < 1.29 is 4.79 Å². The van der Waals surface area contributed by atoms with Crippen molar-refractivity contribution in [2.24, 2.45) is 0 Å². The molecule has 0 atom stereocenters. The van der Waals surface area contributed by atoms with E-state index < -0.39 is 0 Å². The first-order valence-corrected chi connectivity index (χ1v) is 12.1. The number of halogens is 4. The van der Waals surface area contributed by atoms with Gasteiger partial charge in [-0.15, -0.1) is 12.4 Å². The van der Waals surface area contributed by atoms with Gasteiger partial charge in [-0.1, -0.05) is 40.9 Å². The number of anilines is 1. The van der Waals surface area contributed by atoms with Gasteiger partial charge in [0, 0.05) is 32.0 Å². The van der Waals surface area contributed by atoms with E-state index in [0.29, 0.717) is 59.1 Å². The molecular weight excluding hydrogens is 548 g/mol. The summed E-state index contributed by atoms with van der Waals surface area (Å²) in [5, 5.41) is 8.55. The Kier molecular flexibility index (Phi) is 8.04. The van der Waals surface area contributed by atoms with Crippen LogP contribution in [0, 0.1) is 0 Å². The highest BCUT2D eigenvalue weighted by Crippen LogP contribution is 2.29. The first kappa shape index (κ1) is 26.2. The Morgan fingerprint density at radius 1 is 1.14 bits per heavy atom. The zero-order valence-corrected chi connectivity index (χ0v) is 21.8. The second kappa shape index (κ2) is 11.0. The number of aromatic amines is 1. The Morgan fingerprint density at radius 2 is 1.92 bits per heavy atom. The number of piperidine rings is 1. The highest BCUT2D eigenvalue weighted by Gasteiger charge is 2.28. The van der Waals surface area contributed by atoms with Crippen LogP contribution >= 0.6 is 47.2 Å². The Balaban J connectivity index is 0.00000304. The van der Waals surface area contributed by atoms with Gasteiger partial charge in [0.25, 0.3) is 11.5 Å². The minimum Gasteiger partial charge on any atom is -0.352 e. The van der Waals surface area contributed by atoms with Crippen molar-refractivity contribution in [3.63, 3.8) is 0 Å². The first-order chi connectivity index (χ1) is 16.9. The number of aromatic nitrogens is 5. The monoisotopic (exact) mass is 567 g/mol. The molecule has 9 nitrogen and oxygen atoms in total. The molecule has 1 fully saturated rings. The van der Waals surface area contributed by atoms with Gasteiger partial charge in [0.1, 0.15) is 5.52 Å². The summed E-state index contributed by atoms with van der Waals surface area (Å²) in [6.45, 7) is 1.44. The van der Waals surface area contributed by atoms with Gasteiger partial charge in [0.2, 0.25) is 5.95 Å². The molecule has 5 rings (SSSR count). The van der Waals surface area contributed by atoms with Crippen LogP contribution in [0.3, 0.4) is 0 Å². The fourth-order valence-corrected chi connectivity index (χ4v) is 4.72. The SMILES string of the molecule is Cl.O=C(c1cccnc1)N1CCC(n2nc(Cl)c3nc(NCc4ccc(Cl)c(Cl)c4)[nH]c(=O)c32)CC1. The number of H-pyrrole nitrogens is 1. The number of hydrogen-bond acceptors (Lipinski definition) is 6. The molecule has 0 bridgehead atoms. The maximum atomic E-state index is 13.0. The number of amides is 1. The van der Waals surface area contributed by atoms with Gasteiger partial charge in [-0.25, -0.2) is 4.98 Å². The molecule has 3 aromatic heterocycles. The van der Waals surface area contributed by atoms with Crippen LogP contribution in [0.5, 0.6) is 0 Å². The minimum atomic E-state index is -0.347. The number of nitrogens with one attached hydrogen (secondary N) is 2. The minimum absolute atomic E-state index is 0. The second-order valence-corrected chi connectivity index (χ2v) is 9.39. The third-order valence-electron chi connectivity index (χ3n) is 5.96. The topological polar surface area (TPSA) is 109 Å². The van der Waals surface area contributed by atoms with E-state index in [4.69, 9.17) is 34.8 Å². The molecule has 1 amide bonds. The summed E-state index contributed by atoms with van der Waals surface area (Å²) >= 11 is 18.4. The van der Waals surface area contributed by atoms with Gasteiger partial charge >= 0.3 is 0 Å². The smallest absolute Gasteiger partial charge is 0.278 e. The third kappa shape index (κ3) is 5.29. The normalized spacial score (nSPS) is 14.0. The molecule has 0 spiro atoms. The average Bonchev–Trinajstić information content (AvgIpc) is 3.22. The van der Waals surface area contributed by atoms with Crippen molar-refractivity contribution in [3.8, 4) is 0 Å². The number of benzene rings is 1. The molecule has 188 valence electrons. The van der Waals surface area contributed by atoms with Crippen molar-refractivity contribution in [3.05, 3.63) is 79.4 Å². The Morgan fingerprint density at radius 3 is 2.61 bits per heavy atom. The van der Waals surface area contributed by atoms with Crippen LogP contribution in [0.4, 0.5) is 5.95 Å². The van der Waals surface area contributed by atoms with E-state index >= 15 is 0 Å². The van der Waals surface area contributed by atoms with Crippen molar-refractivity contribution in [2.75, 3.05) is 18.4 Å². The van der Waals surface area contributed by atoms with Crippen LogP contribution in [-0.4, -0.2) is 48.6 Å². The molecule has 36 heavy (non-hydrogen) atoms. The number of hydrogen-bond donors (Lipinski definition) is 2. The number of likely N-dealkylation sites (tertiary alicyclic amines) is 1. The summed E-state index contributed by atoms with van der Waals surface area (Å²) in [5.41, 5.74) is 1.71. The number of carbonyl (C=O) groups is 1. The predicted octanol–water partition coefficient (Wildman–Crippen LogP) is 4.99. The lowest BCUT2D eigenvalue weighted by molar-refractivity contribution is 0.0691. The van der Waals surface area contributed by atoms with E-state index in [9.17, 15) is 9.59 Å². The zero-order chi connectivity index (χ0) is 24.5. The lowest BCUT2D eigenvalue weighted by Gasteiger charge is -2.32. The molecular formula is C23H21Cl4N7O2. The van der Waals surface area contributed by atoms with E-state index in [0.717, 1.165) is 5.56 Å². The summed E-state index contributed by atoms with van der Waals surface area (Å²) in [4.78, 5) is 38.7. The van der Waals surface area contributed by atoms with Crippen molar-refractivity contribution in [1.29, 1.82) is 0 Å². The maximum Gasteiger partial charge on any atom is 0.278 e. The quantitative estimate of drug-likeness (QED) is 0.351. The highest BCUT2D eigenvalue weighted by molar-refractivity contribution is 6.42. The van der Waals surface area contributed by atoms with Crippen LogP contribution in [0.2, 0.25) is 15.2 Å². The zero-order valence-electron chi connectivity index (χ0n) is 18.7. The van der Waals surface area contributed by atoms with Gasteiger partial charge < -0.3 is 10.2 Å². The molecule has 0 radical (unpaired) electrons. The van der Waals surface area contributed by atoms with E-state index in [2.05, 4.69) is 25.4 Å². The van der Waals surface area contributed by atoms with Crippen LogP contribution in [0.1, 0.15) is 34.8 Å². The van der Waals surface area contributed by atoms with Crippen LogP contribution in [-0.2, 0) is 6.54 Å². The molecule has 13 heteroatoms. The number of nitrogens with zero attached hydrogens (tertiary/aromatic N) is 5. The van der Waals surface area contributed by atoms with E-state index in [1.54, 1.807) is 46.2 Å². The second-order valence-electron chi connectivity index (χ2n) is 8.21. The van der Waals surface area contributed by atoms with E-state index in [1.807, 2.05) is 6.07 Å². The molecule has 0 unspecified atom stereocenters. The summed E-state index contributed by atoms with van der Waals surface area (Å²) in [7, 11) is 0. The number of rotatable bonds is 5. The Bertz CT molecular complexity index is 1450.